The minimum Gasteiger partial charge on any atom is -0.481 e. The van der Waals surface area contributed by atoms with E-state index in [1.165, 1.54) is 4.90 Å². The highest BCUT2D eigenvalue weighted by Gasteiger charge is 2.07. The van der Waals surface area contributed by atoms with E-state index < -0.39 is 12.0 Å². The molecule has 1 aromatic carbocycles. The summed E-state index contributed by atoms with van der Waals surface area (Å²) in [6, 6.07) is 6.44. The van der Waals surface area contributed by atoms with E-state index >= 15 is 0 Å². The van der Waals surface area contributed by atoms with Crippen molar-refractivity contribution in [3.05, 3.63) is 29.8 Å². The summed E-state index contributed by atoms with van der Waals surface area (Å²) in [6.07, 6.45) is 0.429. The van der Waals surface area contributed by atoms with Gasteiger partial charge in [0, 0.05) is 26.2 Å². The van der Waals surface area contributed by atoms with Gasteiger partial charge in [-0.25, -0.2) is 4.79 Å². The molecule has 0 radical (unpaired) electrons. The molecule has 0 spiro atoms. The van der Waals surface area contributed by atoms with Gasteiger partial charge in [0.1, 0.15) is 0 Å². The molecule has 0 aliphatic rings. The van der Waals surface area contributed by atoms with E-state index in [1.807, 2.05) is 0 Å². The quantitative estimate of drug-likeness (QED) is 0.726. The molecule has 0 saturated carbocycles. The fourth-order valence-corrected chi connectivity index (χ4v) is 1.55. The van der Waals surface area contributed by atoms with Crippen LogP contribution < -0.4 is 10.6 Å². The van der Waals surface area contributed by atoms with Crippen molar-refractivity contribution in [3.63, 3.8) is 0 Å². The SMILES string of the molecule is CN(C)C(=O)CNC(=O)Nc1cccc(CCC(=O)O)c1. The highest BCUT2D eigenvalue weighted by molar-refractivity contribution is 5.92. The van der Waals surface area contributed by atoms with Crippen molar-refractivity contribution in [1.82, 2.24) is 10.2 Å². The van der Waals surface area contributed by atoms with E-state index in [4.69, 9.17) is 5.11 Å². The second kappa shape index (κ2) is 7.88. The molecule has 0 atom stereocenters. The number of carboxylic acid groups (broad SMARTS) is 1. The third-order valence-electron chi connectivity index (χ3n) is 2.71. The molecule has 0 fully saturated rings. The first-order valence-electron chi connectivity index (χ1n) is 6.44. The Kier molecular flexibility index (Phi) is 6.19. The third kappa shape index (κ3) is 6.42. The summed E-state index contributed by atoms with van der Waals surface area (Å²) in [7, 11) is 3.21. The van der Waals surface area contributed by atoms with Gasteiger partial charge >= 0.3 is 12.0 Å². The van der Waals surface area contributed by atoms with E-state index in [0.717, 1.165) is 5.56 Å². The van der Waals surface area contributed by atoms with Crippen molar-refractivity contribution in [2.45, 2.75) is 12.8 Å². The first kappa shape index (κ1) is 16.5. The number of benzene rings is 1. The molecule has 0 bridgehead atoms. The highest BCUT2D eigenvalue weighted by Crippen LogP contribution is 2.12. The van der Waals surface area contributed by atoms with Gasteiger partial charge in [-0.15, -0.1) is 0 Å². The first-order chi connectivity index (χ1) is 9.88. The average molecular weight is 293 g/mol. The normalized spacial score (nSPS) is 9.81. The second-order valence-electron chi connectivity index (χ2n) is 4.69. The van der Waals surface area contributed by atoms with E-state index in [9.17, 15) is 14.4 Å². The smallest absolute Gasteiger partial charge is 0.319 e. The Balaban J connectivity index is 2.50. The van der Waals surface area contributed by atoms with Crippen LogP contribution in [0.1, 0.15) is 12.0 Å². The van der Waals surface area contributed by atoms with E-state index in [2.05, 4.69) is 10.6 Å². The molecule has 21 heavy (non-hydrogen) atoms. The van der Waals surface area contributed by atoms with Crippen molar-refractivity contribution in [3.8, 4) is 0 Å². The van der Waals surface area contributed by atoms with E-state index in [1.54, 1.807) is 38.4 Å². The standard InChI is InChI=1S/C14H19N3O4/c1-17(2)12(18)9-15-14(21)16-11-5-3-4-10(8-11)6-7-13(19)20/h3-5,8H,6-7,9H2,1-2H3,(H,19,20)(H2,15,16,21). The summed E-state index contributed by atoms with van der Waals surface area (Å²) < 4.78 is 0. The van der Waals surface area contributed by atoms with Gasteiger partial charge in [0.25, 0.3) is 0 Å². The Labute approximate surface area is 122 Å². The lowest BCUT2D eigenvalue weighted by Gasteiger charge is -2.12. The fourth-order valence-electron chi connectivity index (χ4n) is 1.55. The molecule has 1 rings (SSSR count). The topological polar surface area (TPSA) is 98.7 Å². The van der Waals surface area contributed by atoms with Crippen molar-refractivity contribution in [2.75, 3.05) is 26.0 Å². The molecule has 0 unspecified atom stereocenters. The number of hydrogen-bond acceptors (Lipinski definition) is 3. The summed E-state index contributed by atoms with van der Waals surface area (Å²) in [5, 5.41) is 13.7. The number of carboxylic acids is 1. The largest absolute Gasteiger partial charge is 0.481 e. The number of carbonyl (C=O) groups is 3. The molecule has 7 nitrogen and oxygen atoms in total. The van der Waals surface area contributed by atoms with Gasteiger partial charge in [-0.1, -0.05) is 12.1 Å². The molecule has 0 aromatic heterocycles. The van der Waals surface area contributed by atoms with Crippen LogP contribution in [0.3, 0.4) is 0 Å². The van der Waals surface area contributed by atoms with Gasteiger partial charge in [0.2, 0.25) is 5.91 Å². The molecule has 3 amide bonds. The fraction of sp³-hybridized carbons (Fsp3) is 0.357. The average Bonchev–Trinajstić information content (AvgIpc) is 2.42. The van der Waals surface area contributed by atoms with Crippen molar-refractivity contribution >= 4 is 23.6 Å². The summed E-state index contributed by atoms with van der Waals surface area (Å²) in [4.78, 5) is 34.9. The lowest BCUT2D eigenvalue weighted by atomic mass is 10.1. The maximum absolute atomic E-state index is 11.6. The zero-order valence-corrected chi connectivity index (χ0v) is 12.0. The Morgan fingerprint density at radius 2 is 1.95 bits per heavy atom. The summed E-state index contributed by atoms with van der Waals surface area (Å²) in [5.74, 6) is -1.08. The van der Waals surface area contributed by atoms with Gasteiger partial charge in [-0.2, -0.15) is 0 Å². The second-order valence-corrected chi connectivity index (χ2v) is 4.69. The zero-order valence-electron chi connectivity index (χ0n) is 12.0. The van der Waals surface area contributed by atoms with Crippen LogP contribution in [0.4, 0.5) is 10.5 Å². The van der Waals surface area contributed by atoms with Crippen LogP contribution in [0.15, 0.2) is 24.3 Å². The third-order valence-corrected chi connectivity index (χ3v) is 2.71. The van der Waals surface area contributed by atoms with Gasteiger partial charge in [-0.3, -0.25) is 9.59 Å². The minimum atomic E-state index is -0.867. The van der Waals surface area contributed by atoms with Crippen LogP contribution in [0.5, 0.6) is 0 Å². The maximum atomic E-state index is 11.6. The number of nitrogens with zero attached hydrogens (tertiary/aromatic N) is 1. The first-order valence-corrected chi connectivity index (χ1v) is 6.44. The molecule has 0 saturated heterocycles. The molecule has 0 aliphatic carbocycles. The van der Waals surface area contributed by atoms with Crippen LogP contribution in [0, 0.1) is 0 Å². The molecule has 7 heteroatoms. The monoisotopic (exact) mass is 293 g/mol. The lowest BCUT2D eigenvalue weighted by molar-refractivity contribution is -0.137. The number of aliphatic carboxylic acids is 1. The molecule has 0 heterocycles. The highest BCUT2D eigenvalue weighted by atomic mass is 16.4. The molecular formula is C14H19N3O4. The van der Waals surface area contributed by atoms with Gasteiger partial charge in [0.15, 0.2) is 0 Å². The number of likely N-dealkylation sites (N-methyl/N-ethyl adjacent to an activating group) is 1. The van der Waals surface area contributed by atoms with Crippen molar-refractivity contribution < 1.29 is 19.5 Å². The predicted molar refractivity (Wildman–Crippen MR) is 78.1 cm³/mol. The number of anilines is 1. The Hall–Kier alpha value is -2.57. The lowest BCUT2D eigenvalue weighted by Crippen LogP contribution is -2.38. The Morgan fingerprint density at radius 1 is 1.24 bits per heavy atom. The molecule has 114 valence electrons. The van der Waals surface area contributed by atoms with Crippen LogP contribution in [-0.4, -0.2) is 48.6 Å². The number of nitrogens with one attached hydrogen (secondary N) is 2. The van der Waals surface area contributed by atoms with Crippen LogP contribution >= 0.6 is 0 Å². The van der Waals surface area contributed by atoms with Crippen LogP contribution in [0.2, 0.25) is 0 Å². The Bertz CT molecular complexity index is 529. The number of rotatable bonds is 6. The summed E-state index contributed by atoms with van der Waals surface area (Å²) >= 11 is 0. The number of urea groups is 1. The summed E-state index contributed by atoms with van der Waals surface area (Å²) in [6.45, 7) is -0.0858. The molecule has 1 aromatic rings. The van der Waals surface area contributed by atoms with Gasteiger partial charge < -0.3 is 20.6 Å². The van der Waals surface area contributed by atoms with Crippen molar-refractivity contribution in [2.24, 2.45) is 0 Å². The van der Waals surface area contributed by atoms with Gasteiger partial charge in [-0.05, 0) is 24.1 Å². The van der Waals surface area contributed by atoms with E-state index in [-0.39, 0.29) is 18.9 Å². The number of carbonyl (C=O) groups excluding carboxylic acids is 2. The van der Waals surface area contributed by atoms with E-state index in [0.29, 0.717) is 12.1 Å². The molecule has 0 aliphatic heterocycles. The number of hydrogen-bond donors (Lipinski definition) is 3. The van der Waals surface area contributed by atoms with Gasteiger partial charge in [0.05, 0.1) is 6.54 Å². The van der Waals surface area contributed by atoms with Crippen LogP contribution in [0.25, 0.3) is 0 Å². The minimum absolute atomic E-state index is 0.0347. The summed E-state index contributed by atoms with van der Waals surface area (Å²) in [5.41, 5.74) is 1.37. The predicted octanol–water partition coefficient (Wildman–Crippen LogP) is 0.913. The number of amides is 3. The van der Waals surface area contributed by atoms with Crippen LogP contribution in [-0.2, 0) is 16.0 Å². The van der Waals surface area contributed by atoms with Crippen molar-refractivity contribution in [1.29, 1.82) is 0 Å². The molecular weight excluding hydrogens is 274 g/mol. The maximum Gasteiger partial charge on any atom is 0.319 e. The Morgan fingerprint density at radius 3 is 2.57 bits per heavy atom. The molecule has 3 N–H and O–H groups in total. The number of aryl methyl sites for hydroxylation is 1. The zero-order chi connectivity index (χ0) is 15.8.